The minimum Gasteiger partial charge on any atom is -0.389 e. The molecule has 18 heavy (non-hydrogen) atoms. The minimum atomic E-state index is -0.224. The summed E-state index contributed by atoms with van der Waals surface area (Å²) in [7, 11) is 0. The predicted octanol–water partition coefficient (Wildman–Crippen LogP) is 1.58. The molecule has 0 saturated carbocycles. The normalized spacial score (nSPS) is 10.3. The summed E-state index contributed by atoms with van der Waals surface area (Å²) in [5.41, 5.74) is 6.41. The van der Waals surface area contributed by atoms with E-state index in [2.05, 4.69) is 4.98 Å². The third-order valence-corrected chi connectivity index (χ3v) is 3.04. The minimum absolute atomic E-state index is 0.0928. The Morgan fingerprint density at radius 3 is 2.94 bits per heavy atom. The fourth-order valence-corrected chi connectivity index (χ4v) is 1.90. The first-order chi connectivity index (χ1) is 8.59. The summed E-state index contributed by atoms with van der Waals surface area (Å²) in [5, 5.41) is 0.519. The Hall–Kier alpha value is -1.72. The molecular formula is C12H10ClN3OS. The molecule has 0 radical (unpaired) electrons. The molecule has 92 valence electrons. The van der Waals surface area contributed by atoms with Crippen molar-refractivity contribution in [1.82, 2.24) is 9.55 Å². The Bertz CT molecular complexity index is 654. The largest absolute Gasteiger partial charge is 0.389 e. The maximum atomic E-state index is 12.1. The molecule has 0 aromatic carbocycles. The SMILES string of the molecule is NC(=S)c1cccn(Cc2ccncc2Cl)c1=O. The average molecular weight is 280 g/mol. The molecular weight excluding hydrogens is 270 g/mol. The van der Waals surface area contributed by atoms with Gasteiger partial charge >= 0.3 is 0 Å². The van der Waals surface area contributed by atoms with Crippen LogP contribution in [-0.2, 0) is 6.54 Å². The van der Waals surface area contributed by atoms with Crippen LogP contribution in [0.25, 0.3) is 0 Å². The number of rotatable bonds is 3. The Kier molecular flexibility index (Phi) is 3.74. The van der Waals surface area contributed by atoms with Crippen LogP contribution in [0.15, 0.2) is 41.6 Å². The molecule has 4 nitrogen and oxygen atoms in total. The Morgan fingerprint density at radius 2 is 2.28 bits per heavy atom. The van der Waals surface area contributed by atoms with Gasteiger partial charge in [-0.2, -0.15) is 0 Å². The second-order valence-electron chi connectivity index (χ2n) is 3.69. The molecule has 2 rings (SSSR count). The number of thiocarbonyl (C=S) groups is 1. The van der Waals surface area contributed by atoms with Crippen molar-refractivity contribution in [3.05, 3.63) is 63.3 Å². The van der Waals surface area contributed by atoms with Crippen LogP contribution in [0.2, 0.25) is 5.02 Å². The van der Waals surface area contributed by atoms with Gasteiger partial charge in [0.15, 0.2) is 0 Å². The predicted molar refractivity (Wildman–Crippen MR) is 74.9 cm³/mol. The van der Waals surface area contributed by atoms with Crippen molar-refractivity contribution in [3.63, 3.8) is 0 Å². The molecule has 0 bridgehead atoms. The van der Waals surface area contributed by atoms with Crippen LogP contribution < -0.4 is 11.3 Å². The maximum Gasteiger partial charge on any atom is 0.261 e. The van der Waals surface area contributed by atoms with Gasteiger partial charge in [-0.15, -0.1) is 0 Å². The van der Waals surface area contributed by atoms with Gasteiger partial charge < -0.3 is 10.3 Å². The molecule has 2 aromatic rings. The van der Waals surface area contributed by atoms with Crippen LogP contribution in [0.4, 0.5) is 0 Å². The van der Waals surface area contributed by atoms with E-state index in [0.717, 1.165) is 5.56 Å². The molecule has 2 heterocycles. The van der Waals surface area contributed by atoms with Crippen LogP contribution in [0, 0.1) is 0 Å². The van der Waals surface area contributed by atoms with Crippen molar-refractivity contribution in [2.45, 2.75) is 6.54 Å². The second-order valence-corrected chi connectivity index (χ2v) is 4.53. The Balaban J connectivity index is 2.42. The lowest BCUT2D eigenvalue weighted by Crippen LogP contribution is -2.28. The zero-order chi connectivity index (χ0) is 13.1. The summed E-state index contributed by atoms with van der Waals surface area (Å²) in [6, 6.07) is 5.10. The Labute approximate surface area is 114 Å². The summed E-state index contributed by atoms with van der Waals surface area (Å²) < 4.78 is 1.51. The van der Waals surface area contributed by atoms with Crippen molar-refractivity contribution in [3.8, 4) is 0 Å². The summed E-state index contributed by atoms with van der Waals surface area (Å²) in [6.07, 6.45) is 4.84. The Morgan fingerprint density at radius 1 is 1.50 bits per heavy atom. The van der Waals surface area contributed by atoms with Crippen LogP contribution >= 0.6 is 23.8 Å². The van der Waals surface area contributed by atoms with Gasteiger partial charge in [-0.05, 0) is 23.8 Å². The molecule has 0 aliphatic heterocycles. The maximum absolute atomic E-state index is 12.1. The number of hydrogen-bond donors (Lipinski definition) is 1. The highest BCUT2D eigenvalue weighted by Crippen LogP contribution is 2.13. The fraction of sp³-hybridized carbons (Fsp3) is 0.0833. The number of halogens is 1. The molecule has 0 saturated heterocycles. The van der Waals surface area contributed by atoms with Crippen molar-refractivity contribution in [2.75, 3.05) is 0 Å². The highest BCUT2D eigenvalue weighted by atomic mass is 35.5. The lowest BCUT2D eigenvalue weighted by Gasteiger charge is -2.08. The summed E-state index contributed by atoms with van der Waals surface area (Å²) in [6.45, 7) is 0.358. The third-order valence-electron chi connectivity index (χ3n) is 2.48. The molecule has 0 aliphatic rings. The van der Waals surface area contributed by atoms with E-state index in [1.165, 1.54) is 4.57 Å². The highest BCUT2D eigenvalue weighted by Gasteiger charge is 2.07. The van der Waals surface area contributed by atoms with Gasteiger partial charge in [0.2, 0.25) is 0 Å². The highest BCUT2D eigenvalue weighted by molar-refractivity contribution is 7.80. The van der Waals surface area contributed by atoms with Gasteiger partial charge in [0.05, 0.1) is 17.1 Å². The quantitative estimate of drug-likeness (QED) is 0.867. The number of nitrogens with two attached hydrogens (primary N) is 1. The summed E-state index contributed by atoms with van der Waals surface area (Å²) in [5.74, 6) is 0. The zero-order valence-corrected chi connectivity index (χ0v) is 10.9. The molecule has 0 unspecified atom stereocenters. The number of aromatic nitrogens is 2. The zero-order valence-electron chi connectivity index (χ0n) is 9.34. The van der Waals surface area contributed by atoms with Crippen molar-refractivity contribution >= 4 is 28.8 Å². The molecule has 0 fully saturated rings. The molecule has 2 N–H and O–H groups in total. The van der Waals surface area contributed by atoms with E-state index in [-0.39, 0.29) is 10.5 Å². The second kappa shape index (κ2) is 5.29. The topological polar surface area (TPSA) is 60.9 Å². The first kappa shape index (κ1) is 12.7. The van der Waals surface area contributed by atoms with Crippen LogP contribution in [0.5, 0.6) is 0 Å². The average Bonchev–Trinajstić information content (AvgIpc) is 2.34. The number of nitrogens with zero attached hydrogens (tertiary/aromatic N) is 2. The van der Waals surface area contributed by atoms with Gasteiger partial charge in [0.1, 0.15) is 4.99 Å². The fourth-order valence-electron chi connectivity index (χ4n) is 1.56. The molecule has 0 aliphatic carbocycles. The summed E-state index contributed by atoms with van der Waals surface area (Å²) >= 11 is 10.8. The first-order valence-corrected chi connectivity index (χ1v) is 5.96. The molecule has 0 atom stereocenters. The van der Waals surface area contributed by atoms with E-state index < -0.39 is 0 Å². The number of pyridine rings is 2. The van der Waals surface area contributed by atoms with Gasteiger partial charge in [0, 0.05) is 18.6 Å². The first-order valence-electron chi connectivity index (χ1n) is 5.17. The van der Waals surface area contributed by atoms with Gasteiger partial charge in [-0.25, -0.2) is 0 Å². The van der Waals surface area contributed by atoms with E-state index in [1.54, 1.807) is 36.8 Å². The van der Waals surface area contributed by atoms with Crippen molar-refractivity contribution < 1.29 is 0 Å². The lowest BCUT2D eigenvalue weighted by molar-refractivity contribution is 0.757. The van der Waals surface area contributed by atoms with Gasteiger partial charge in [-0.3, -0.25) is 9.78 Å². The summed E-state index contributed by atoms with van der Waals surface area (Å²) in [4.78, 5) is 16.1. The molecule has 6 heteroatoms. The van der Waals surface area contributed by atoms with E-state index >= 15 is 0 Å². The lowest BCUT2D eigenvalue weighted by atomic mass is 10.2. The van der Waals surface area contributed by atoms with E-state index in [0.29, 0.717) is 17.1 Å². The van der Waals surface area contributed by atoms with E-state index in [9.17, 15) is 4.79 Å². The van der Waals surface area contributed by atoms with Crippen LogP contribution in [-0.4, -0.2) is 14.5 Å². The van der Waals surface area contributed by atoms with Crippen LogP contribution in [0.3, 0.4) is 0 Å². The molecule has 0 amide bonds. The van der Waals surface area contributed by atoms with Gasteiger partial charge in [-0.1, -0.05) is 23.8 Å². The third kappa shape index (κ3) is 2.57. The van der Waals surface area contributed by atoms with Crippen LogP contribution in [0.1, 0.15) is 11.1 Å². The number of hydrogen-bond acceptors (Lipinski definition) is 3. The monoisotopic (exact) mass is 279 g/mol. The van der Waals surface area contributed by atoms with E-state index in [4.69, 9.17) is 29.6 Å². The molecule has 0 spiro atoms. The van der Waals surface area contributed by atoms with Crippen molar-refractivity contribution in [1.29, 1.82) is 0 Å². The smallest absolute Gasteiger partial charge is 0.261 e. The molecule has 2 aromatic heterocycles. The van der Waals surface area contributed by atoms with Gasteiger partial charge in [0.25, 0.3) is 5.56 Å². The standard InChI is InChI=1S/C12H10ClN3OS/c13-10-6-15-4-3-8(10)7-16-5-1-2-9(11(14)18)12(16)17/h1-6H,7H2,(H2,14,18). The van der Waals surface area contributed by atoms with E-state index in [1.807, 2.05) is 0 Å². The van der Waals surface area contributed by atoms with Crippen molar-refractivity contribution in [2.24, 2.45) is 5.73 Å².